The molecule has 0 bridgehead atoms. The van der Waals surface area contributed by atoms with E-state index in [2.05, 4.69) is 10.2 Å². The predicted octanol–water partition coefficient (Wildman–Crippen LogP) is 4.75. The number of ether oxygens (including phenoxy) is 2. The highest BCUT2D eigenvalue weighted by Crippen LogP contribution is 2.36. The number of aromatic nitrogens is 3. The number of carbonyl (C=O) groups is 1. The zero-order valence-electron chi connectivity index (χ0n) is 16.5. The second kappa shape index (κ2) is 8.65. The summed E-state index contributed by atoms with van der Waals surface area (Å²) < 4.78 is 14.0. The van der Waals surface area contributed by atoms with Crippen molar-refractivity contribution in [3.05, 3.63) is 96.3 Å². The molecule has 0 saturated heterocycles. The molecule has 31 heavy (non-hydrogen) atoms. The van der Waals surface area contributed by atoms with E-state index in [1.807, 2.05) is 89.5 Å². The van der Waals surface area contributed by atoms with Crippen LogP contribution >= 0.6 is 11.8 Å². The Kier molecular flexibility index (Phi) is 5.41. The summed E-state index contributed by atoms with van der Waals surface area (Å²) in [5.41, 5.74) is 1.58. The van der Waals surface area contributed by atoms with Crippen LogP contribution in [0.1, 0.15) is 22.3 Å². The SMILES string of the molecule is O=C(CSc1nnc(C2COc3ccccc3O2)n1-c1ccccc1)c1ccccc1. The fourth-order valence-electron chi connectivity index (χ4n) is 3.39. The molecular weight excluding hydrogens is 410 g/mol. The Morgan fingerprint density at radius 1 is 0.903 bits per heavy atom. The average molecular weight is 430 g/mol. The third-order valence-electron chi connectivity index (χ3n) is 4.90. The zero-order chi connectivity index (χ0) is 21.0. The molecule has 0 radical (unpaired) electrons. The number of hydrogen-bond donors (Lipinski definition) is 0. The minimum atomic E-state index is -0.415. The molecule has 0 aliphatic carbocycles. The lowest BCUT2D eigenvalue weighted by Gasteiger charge is -2.26. The van der Waals surface area contributed by atoms with Gasteiger partial charge in [0, 0.05) is 11.3 Å². The molecule has 154 valence electrons. The highest BCUT2D eigenvalue weighted by molar-refractivity contribution is 7.99. The number of hydrogen-bond acceptors (Lipinski definition) is 6. The molecule has 0 spiro atoms. The molecule has 3 aromatic carbocycles. The van der Waals surface area contributed by atoms with Crippen molar-refractivity contribution in [3.63, 3.8) is 0 Å². The smallest absolute Gasteiger partial charge is 0.196 e. The third kappa shape index (κ3) is 4.04. The first-order valence-electron chi connectivity index (χ1n) is 9.90. The number of carbonyl (C=O) groups excluding carboxylic acids is 1. The van der Waals surface area contributed by atoms with Crippen molar-refractivity contribution < 1.29 is 14.3 Å². The normalized spacial score (nSPS) is 14.9. The van der Waals surface area contributed by atoms with Crippen molar-refractivity contribution in [2.45, 2.75) is 11.3 Å². The molecule has 1 aliphatic heterocycles. The Balaban J connectivity index is 1.44. The molecule has 1 atom stereocenters. The molecule has 5 rings (SSSR count). The van der Waals surface area contributed by atoms with Crippen LogP contribution in [0.25, 0.3) is 5.69 Å². The van der Waals surface area contributed by atoms with E-state index in [1.165, 1.54) is 11.8 Å². The summed E-state index contributed by atoms with van der Waals surface area (Å²) in [5.74, 6) is 2.33. The summed E-state index contributed by atoms with van der Waals surface area (Å²) >= 11 is 1.36. The van der Waals surface area contributed by atoms with Gasteiger partial charge in [-0.3, -0.25) is 9.36 Å². The van der Waals surface area contributed by atoms with Gasteiger partial charge in [-0.1, -0.05) is 72.4 Å². The van der Waals surface area contributed by atoms with Gasteiger partial charge in [-0.2, -0.15) is 0 Å². The number of para-hydroxylation sites is 3. The van der Waals surface area contributed by atoms with E-state index in [0.717, 1.165) is 5.69 Å². The van der Waals surface area contributed by atoms with Crippen molar-refractivity contribution in [3.8, 4) is 17.2 Å². The van der Waals surface area contributed by atoms with Gasteiger partial charge in [-0.25, -0.2) is 0 Å². The standard InChI is InChI=1S/C24H19N3O3S/c28-19(17-9-3-1-4-10-17)16-31-24-26-25-23(27(24)18-11-5-2-6-12-18)22-15-29-20-13-7-8-14-21(20)30-22/h1-14,22H,15-16H2. The van der Waals surface area contributed by atoms with Crippen LogP contribution in [0.5, 0.6) is 11.5 Å². The van der Waals surface area contributed by atoms with Gasteiger partial charge < -0.3 is 9.47 Å². The van der Waals surface area contributed by atoms with Gasteiger partial charge in [0.25, 0.3) is 0 Å². The van der Waals surface area contributed by atoms with Crippen LogP contribution in [0, 0.1) is 0 Å². The molecule has 4 aromatic rings. The topological polar surface area (TPSA) is 66.2 Å². The number of Topliss-reactive ketones (excluding diaryl/α,β-unsaturated/α-hetero) is 1. The fraction of sp³-hybridized carbons (Fsp3) is 0.125. The first-order valence-corrected chi connectivity index (χ1v) is 10.9. The summed E-state index contributed by atoms with van der Waals surface area (Å²) in [5, 5.41) is 9.43. The maximum atomic E-state index is 12.6. The summed E-state index contributed by atoms with van der Waals surface area (Å²) in [6.07, 6.45) is -0.415. The number of fused-ring (bicyclic) bond motifs is 1. The average Bonchev–Trinajstić information content (AvgIpc) is 3.27. The van der Waals surface area contributed by atoms with Crippen LogP contribution in [0.3, 0.4) is 0 Å². The molecule has 7 heteroatoms. The molecule has 0 amide bonds. The minimum Gasteiger partial charge on any atom is -0.485 e. The minimum absolute atomic E-state index is 0.0425. The Morgan fingerprint density at radius 2 is 1.58 bits per heavy atom. The Hall–Kier alpha value is -3.58. The van der Waals surface area contributed by atoms with E-state index in [4.69, 9.17) is 9.47 Å². The van der Waals surface area contributed by atoms with Crippen molar-refractivity contribution >= 4 is 17.5 Å². The second-order valence-electron chi connectivity index (χ2n) is 6.95. The lowest BCUT2D eigenvalue weighted by atomic mass is 10.2. The molecule has 6 nitrogen and oxygen atoms in total. The Morgan fingerprint density at radius 3 is 2.35 bits per heavy atom. The summed E-state index contributed by atoms with van der Waals surface area (Å²) in [6, 6.07) is 26.7. The van der Waals surface area contributed by atoms with Crippen LogP contribution in [0.4, 0.5) is 0 Å². The fourth-order valence-corrected chi connectivity index (χ4v) is 4.24. The molecule has 1 unspecified atom stereocenters. The highest BCUT2D eigenvalue weighted by atomic mass is 32.2. The number of ketones is 1. The summed E-state index contributed by atoms with van der Waals surface area (Å²) in [7, 11) is 0. The van der Waals surface area contributed by atoms with Gasteiger partial charge in [-0.05, 0) is 24.3 Å². The molecule has 0 fully saturated rings. The number of thioether (sulfide) groups is 1. The molecule has 0 saturated carbocycles. The largest absolute Gasteiger partial charge is 0.485 e. The van der Waals surface area contributed by atoms with Crippen LogP contribution in [0.2, 0.25) is 0 Å². The first-order chi connectivity index (χ1) is 15.3. The predicted molar refractivity (Wildman–Crippen MR) is 118 cm³/mol. The molecule has 0 N–H and O–H groups in total. The summed E-state index contributed by atoms with van der Waals surface area (Å²) in [4.78, 5) is 12.6. The maximum Gasteiger partial charge on any atom is 0.196 e. The Labute approximate surface area is 183 Å². The van der Waals surface area contributed by atoms with Gasteiger partial charge in [0.1, 0.15) is 6.61 Å². The van der Waals surface area contributed by atoms with Crippen molar-refractivity contribution in [2.24, 2.45) is 0 Å². The van der Waals surface area contributed by atoms with Gasteiger partial charge in [0.05, 0.1) is 5.75 Å². The monoisotopic (exact) mass is 429 g/mol. The summed E-state index contributed by atoms with van der Waals surface area (Å²) in [6.45, 7) is 0.329. The molecule has 1 aromatic heterocycles. The maximum absolute atomic E-state index is 12.6. The van der Waals surface area contributed by atoms with Crippen LogP contribution < -0.4 is 9.47 Å². The third-order valence-corrected chi connectivity index (χ3v) is 5.83. The lowest BCUT2D eigenvalue weighted by molar-refractivity contribution is 0.0835. The van der Waals surface area contributed by atoms with E-state index in [9.17, 15) is 4.79 Å². The lowest BCUT2D eigenvalue weighted by Crippen LogP contribution is -2.24. The van der Waals surface area contributed by atoms with Crippen molar-refractivity contribution in [2.75, 3.05) is 12.4 Å². The van der Waals surface area contributed by atoms with Crippen LogP contribution in [-0.4, -0.2) is 32.9 Å². The van der Waals surface area contributed by atoms with Crippen LogP contribution in [-0.2, 0) is 0 Å². The van der Waals surface area contributed by atoms with E-state index >= 15 is 0 Å². The first kappa shape index (κ1) is 19.4. The van der Waals surface area contributed by atoms with E-state index in [-0.39, 0.29) is 11.5 Å². The van der Waals surface area contributed by atoms with Gasteiger partial charge >= 0.3 is 0 Å². The number of benzene rings is 3. The molecular formula is C24H19N3O3S. The van der Waals surface area contributed by atoms with Gasteiger partial charge in [0.2, 0.25) is 0 Å². The number of rotatable bonds is 6. The zero-order valence-corrected chi connectivity index (χ0v) is 17.4. The molecule has 2 heterocycles. The number of nitrogens with zero attached hydrogens (tertiary/aromatic N) is 3. The van der Waals surface area contributed by atoms with Gasteiger partial charge in [0.15, 0.2) is 34.4 Å². The van der Waals surface area contributed by atoms with Gasteiger partial charge in [-0.15, -0.1) is 10.2 Å². The van der Waals surface area contributed by atoms with Crippen molar-refractivity contribution in [1.82, 2.24) is 14.8 Å². The van der Waals surface area contributed by atoms with Crippen molar-refractivity contribution in [1.29, 1.82) is 0 Å². The highest BCUT2D eigenvalue weighted by Gasteiger charge is 2.29. The molecule has 1 aliphatic rings. The van der Waals surface area contributed by atoms with E-state index < -0.39 is 6.10 Å². The Bertz CT molecular complexity index is 1200. The quantitative estimate of drug-likeness (QED) is 0.325. The van der Waals surface area contributed by atoms with E-state index in [0.29, 0.717) is 34.7 Å². The van der Waals surface area contributed by atoms with E-state index in [1.54, 1.807) is 0 Å². The second-order valence-corrected chi connectivity index (χ2v) is 7.90. The van der Waals surface area contributed by atoms with Crippen LogP contribution in [0.15, 0.2) is 90.1 Å².